The van der Waals surface area contributed by atoms with E-state index in [-0.39, 0.29) is 11.6 Å². The summed E-state index contributed by atoms with van der Waals surface area (Å²) >= 11 is 1.15. The fourth-order valence-corrected chi connectivity index (χ4v) is 7.24. The molecule has 0 saturated carbocycles. The van der Waals surface area contributed by atoms with Gasteiger partial charge in [-0.05, 0) is 96.9 Å². The van der Waals surface area contributed by atoms with Gasteiger partial charge in [-0.2, -0.15) is 8.75 Å². The van der Waals surface area contributed by atoms with E-state index in [1.54, 1.807) is 12.1 Å². The summed E-state index contributed by atoms with van der Waals surface area (Å²) in [6, 6.07) is 27.0. The van der Waals surface area contributed by atoms with Crippen LogP contribution in [-0.4, -0.2) is 18.7 Å². The molecule has 258 valence electrons. The third kappa shape index (κ3) is 7.05. The molecule has 0 fully saturated rings. The second-order valence-corrected chi connectivity index (χ2v) is 15.0. The maximum atomic E-state index is 15.3. The SMILES string of the molecule is Cc1nc2c(-c3ccc(-c4ccc(CCC(C)C)cc4F)cc3)c3nsnc3c(-c3ccc(-c4ccc(CCC(C)C)cc4F)cc3)c2nc1C. The van der Waals surface area contributed by atoms with E-state index >= 15 is 8.78 Å². The topological polar surface area (TPSA) is 51.6 Å². The van der Waals surface area contributed by atoms with Crippen LogP contribution in [0.1, 0.15) is 63.1 Å². The Labute approximate surface area is 303 Å². The molecule has 51 heavy (non-hydrogen) atoms. The summed E-state index contributed by atoms with van der Waals surface area (Å²) in [5, 5.41) is 0. The normalized spacial score (nSPS) is 11.8. The van der Waals surface area contributed by atoms with Crippen molar-refractivity contribution in [2.24, 2.45) is 11.8 Å². The van der Waals surface area contributed by atoms with Crippen LogP contribution in [0.3, 0.4) is 0 Å². The first-order chi connectivity index (χ1) is 24.6. The number of aromatic nitrogens is 4. The van der Waals surface area contributed by atoms with Gasteiger partial charge in [-0.15, -0.1) is 0 Å². The van der Waals surface area contributed by atoms with Crippen LogP contribution < -0.4 is 0 Å². The Morgan fingerprint density at radius 3 is 1.24 bits per heavy atom. The molecule has 0 bridgehead atoms. The van der Waals surface area contributed by atoms with Crippen molar-refractivity contribution in [2.45, 2.75) is 67.2 Å². The lowest BCUT2D eigenvalue weighted by Gasteiger charge is -2.15. The highest BCUT2D eigenvalue weighted by Gasteiger charge is 2.23. The standard InChI is InChI=1S/C44H42F2N4S/c1-25(2)7-9-29-11-21-35(37(45)23-29)31-13-17-33(18-14-31)39-41-42(48-28(6)27(5)47-41)40(44-43(39)49-51-50-44)34-19-15-32(16-20-34)36-22-12-30(24-38(36)46)10-8-26(3)4/h11-26H,7-10H2,1-6H3. The minimum absolute atomic E-state index is 0.214. The van der Waals surface area contributed by atoms with Gasteiger partial charge in [-0.25, -0.2) is 18.7 Å². The lowest BCUT2D eigenvalue weighted by atomic mass is 9.92. The number of benzene rings is 5. The largest absolute Gasteiger partial charge is 0.249 e. The fourth-order valence-electron chi connectivity index (χ4n) is 6.68. The molecule has 5 aromatic carbocycles. The summed E-state index contributed by atoms with van der Waals surface area (Å²) in [5.74, 6) is 0.714. The zero-order valence-electron chi connectivity index (χ0n) is 30.0. The Kier molecular flexibility index (Phi) is 9.75. The highest BCUT2D eigenvalue weighted by atomic mass is 32.1. The van der Waals surface area contributed by atoms with Crippen LogP contribution in [0.2, 0.25) is 0 Å². The monoisotopic (exact) mass is 696 g/mol. The van der Waals surface area contributed by atoms with E-state index < -0.39 is 0 Å². The molecule has 0 unspecified atom stereocenters. The van der Waals surface area contributed by atoms with Gasteiger partial charge in [-0.3, -0.25) is 0 Å². The summed E-state index contributed by atoms with van der Waals surface area (Å²) in [4.78, 5) is 10.2. The van der Waals surface area contributed by atoms with Crippen molar-refractivity contribution in [1.29, 1.82) is 0 Å². The minimum Gasteiger partial charge on any atom is -0.249 e. The van der Waals surface area contributed by atoms with Gasteiger partial charge in [0.25, 0.3) is 0 Å². The Hall–Kier alpha value is -4.88. The van der Waals surface area contributed by atoms with Gasteiger partial charge in [0.05, 0.1) is 34.1 Å². The van der Waals surface area contributed by atoms with Gasteiger partial charge in [0.2, 0.25) is 0 Å². The number of fused-ring (bicyclic) bond motifs is 2. The third-order valence-corrected chi connectivity index (χ3v) is 10.3. The summed E-state index contributed by atoms with van der Waals surface area (Å²) in [6.45, 7) is 12.7. The van der Waals surface area contributed by atoms with Crippen molar-refractivity contribution in [2.75, 3.05) is 0 Å². The van der Waals surface area contributed by atoms with Gasteiger partial charge >= 0.3 is 0 Å². The van der Waals surface area contributed by atoms with Crippen molar-refractivity contribution in [3.05, 3.63) is 119 Å². The molecular weight excluding hydrogens is 655 g/mol. The predicted molar refractivity (Wildman–Crippen MR) is 208 cm³/mol. The summed E-state index contributed by atoms with van der Waals surface area (Å²) < 4.78 is 40.2. The van der Waals surface area contributed by atoms with Gasteiger partial charge < -0.3 is 0 Å². The van der Waals surface area contributed by atoms with Crippen LogP contribution in [0, 0.1) is 37.3 Å². The van der Waals surface area contributed by atoms with Crippen LogP contribution in [0.5, 0.6) is 0 Å². The number of nitrogens with zero attached hydrogens (tertiary/aromatic N) is 4. The molecule has 0 aliphatic carbocycles. The van der Waals surface area contributed by atoms with Crippen molar-refractivity contribution in [3.63, 3.8) is 0 Å². The van der Waals surface area contributed by atoms with E-state index in [2.05, 4.69) is 27.7 Å². The smallest absolute Gasteiger partial charge is 0.131 e. The third-order valence-electron chi connectivity index (χ3n) is 9.80. The molecule has 0 radical (unpaired) electrons. The molecule has 0 N–H and O–H groups in total. The van der Waals surface area contributed by atoms with E-state index in [0.717, 1.165) is 115 Å². The predicted octanol–water partition coefficient (Wildman–Crippen LogP) is 12.4. The van der Waals surface area contributed by atoms with E-state index in [9.17, 15) is 0 Å². The van der Waals surface area contributed by atoms with Crippen molar-refractivity contribution in [1.82, 2.24) is 18.7 Å². The zero-order chi connectivity index (χ0) is 35.8. The minimum atomic E-state index is -0.214. The Morgan fingerprint density at radius 2 is 0.882 bits per heavy atom. The first-order valence-corrected chi connectivity index (χ1v) is 18.5. The van der Waals surface area contributed by atoms with E-state index in [1.807, 2.05) is 86.6 Å². The molecule has 4 nitrogen and oxygen atoms in total. The van der Waals surface area contributed by atoms with Crippen molar-refractivity contribution < 1.29 is 8.78 Å². The van der Waals surface area contributed by atoms with E-state index in [0.29, 0.717) is 23.0 Å². The van der Waals surface area contributed by atoms with Crippen LogP contribution in [-0.2, 0) is 12.8 Å². The summed E-state index contributed by atoms with van der Waals surface area (Å²) in [6.07, 6.45) is 3.79. The lowest BCUT2D eigenvalue weighted by Crippen LogP contribution is -1.99. The highest BCUT2D eigenvalue weighted by molar-refractivity contribution is 7.00. The first kappa shape index (κ1) is 34.6. The molecule has 0 aliphatic rings. The quantitative estimate of drug-likeness (QED) is 0.143. The molecule has 0 aliphatic heterocycles. The maximum absolute atomic E-state index is 15.3. The molecular formula is C44H42F2N4S. The molecule has 7 heteroatoms. The number of aryl methyl sites for hydroxylation is 4. The Bertz CT molecular complexity index is 2200. The second-order valence-electron chi connectivity index (χ2n) is 14.5. The molecule has 0 amide bonds. The highest BCUT2D eigenvalue weighted by Crippen LogP contribution is 2.42. The summed E-state index contributed by atoms with van der Waals surface area (Å²) in [5.41, 5.74) is 12.9. The van der Waals surface area contributed by atoms with Crippen LogP contribution >= 0.6 is 11.7 Å². The van der Waals surface area contributed by atoms with Crippen LogP contribution in [0.15, 0.2) is 84.9 Å². The van der Waals surface area contributed by atoms with E-state index in [4.69, 9.17) is 18.7 Å². The molecule has 7 rings (SSSR count). The molecule has 2 aromatic heterocycles. The van der Waals surface area contributed by atoms with Crippen molar-refractivity contribution in [3.8, 4) is 44.5 Å². The molecule has 0 spiro atoms. The maximum Gasteiger partial charge on any atom is 0.131 e. The fraction of sp³-hybridized carbons (Fsp3) is 0.273. The molecule has 0 saturated heterocycles. The molecule has 7 aromatic rings. The number of rotatable bonds is 10. The number of hydrogen-bond donors (Lipinski definition) is 0. The first-order valence-electron chi connectivity index (χ1n) is 17.8. The van der Waals surface area contributed by atoms with Gasteiger partial charge in [0.1, 0.15) is 22.7 Å². The second kappa shape index (κ2) is 14.4. The Balaban J connectivity index is 1.28. The van der Waals surface area contributed by atoms with Crippen LogP contribution in [0.4, 0.5) is 8.78 Å². The van der Waals surface area contributed by atoms with E-state index in [1.165, 1.54) is 0 Å². The average Bonchev–Trinajstić information content (AvgIpc) is 3.59. The van der Waals surface area contributed by atoms with Gasteiger partial charge in [-0.1, -0.05) is 100 Å². The number of hydrogen-bond acceptors (Lipinski definition) is 5. The lowest BCUT2D eigenvalue weighted by molar-refractivity contribution is 0.582. The Morgan fingerprint density at radius 1 is 0.510 bits per heavy atom. The molecule has 2 heterocycles. The van der Waals surface area contributed by atoms with Gasteiger partial charge in [0, 0.05) is 22.3 Å². The van der Waals surface area contributed by atoms with Gasteiger partial charge in [0.15, 0.2) is 0 Å². The van der Waals surface area contributed by atoms with Crippen molar-refractivity contribution >= 4 is 33.8 Å². The van der Waals surface area contributed by atoms with Crippen LogP contribution in [0.25, 0.3) is 66.6 Å². The zero-order valence-corrected chi connectivity index (χ0v) is 30.8. The summed E-state index contributed by atoms with van der Waals surface area (Å²) in [7, 11) is 0. The number of halogens is 2. The average molecular weight is 697 g/mol. The molecule has 0 atom stereocenters.